The van der Waals surface area contributed by atoms with E-state index >= 15 is 0 Å². The highest BCUT2D eigenvalue weighted by Gasteiger charge is 2.20. The van der Waals surface area contributed by atoms with Crippen molar-refractivity contribution in [1.82, 2.24) is 5.32 Å². The summed E-state index contributed by atoms with van der Waals surface area (Å²) in [5, 5.41) is 12.7. The van der Waals surface area contributed by atoms with Crippen LogP contribution in [0.2, 0.25) is 0 Å². The number of aliphatic hydroxyl groups is 1. The van der Waals surface area contributed by atoms with Crippen molar-refractivity contribution in [2.75, 3.05) is 19.8 Å². The number of ether oxygens (including phenoxy) is 1. The third-order valence-electron chi connectivity index (χ3n) is 2.56. The highest BCUT2D eigenvalue weighted by molar-refractivity contribution is 5.21. The lowest BCUT2D eigenvalue weighted by molar-refractivity contribution is -0.00994. The van der Waals surface area contributed by atoms with Crippen molar-refractivity contribution in [2.45, 2.75) is 12.1 Å². The molecule has 1 saturated heterocycles. The minimum atomic E-state index is -0.971. The van der Waals surface area contributed by atoms with E-state index in [1.807, 2.05) is 0 Å². The number of rotatable bonds is 4. The second kappa shape index (κ2) is 4.86. The van der Waals surface area contributed by atoms with Crippen molar-refractivity contribution >= 4 is 0 Å². The largest absolute Gasteiger partial charge is 0.387 e. The van der Waals surface area contributed by atoms with Gasteiger partial charge in [-0.1, -0.05) is 6.07 Å². The van der Waals surface area contributed by atoms with Gasteiger partial charge in [0.25, 0.3) is 0 Å². The number of nitrogens with one attached hydrogen (secondary N) is 1. The van der Waals surface area contributed by atoms with Gasteiger partial charge in [0.2, 0.25) is 0 Å². The molecule has 88 valence electrons. The Hall–Kier alpha value is -1.04. The molecule has 0 aromatic heterocycles. The summed E-state index contributed by atoms with van der Waals surface area (Å²) in [4.78, 5) is 0. The number of benzene rings is 1. The first-order chi connectivity index (χ1) is 7.66. The van der Waals surface area contributed by atoms with Crippen molar-refractivity contribution in [1.29, 1.82) is 0 Å². The average molecular weight is 229 g/mol. The smallest absolute Gasteiger partial charge is 0.131 e. The Morgan fingerprint density at radius 2 is 2.19 bits per heavy atom. The fraction of sp³-hybridized carbons (Fsp3) is 0.455. The Kier molecular flexibility index (Phi) is 3.48. The maximum Gasteiger partial charge on any atom is 0.131 e. The molecule has 0 bridgehead atoms. The Morgan fingerprint density at radius 1 is 1.44 bits per heavy atom. The molecule has 1 heterocycles. The Labute approximate surface area is 92.0 Å². The van der Waals surface area contributed by atoms with Crippen LogP contribution in [-0.2, 0) is 4.74 Å². The molecule has 1 unspecified atom stereocenters. The van der Waals surface area contributed by atoms with Gasteiger partial charge in [0.1, 0.15) is 11.6 Å². The first-order valence-corrected chi connectivity index (χ1v) is 5.11. The maximum atomic E-state index is 13.3. The molecule has 1 aliphatic heterocycles. The Balaban J connectivity index is 1.93. The molecule has 0 radical (unpaired) electrons. The molecule has 0 amide bonds. The molecule has 2 N–H and O–H groups in total. The van der Waals surface area contributed by atoms with Crippen molar-refractivity contribution < 1.29 is 18.6 Å². The topological polar surface area (TPSA) is 41.5 Å². The van der Waals surface area contributed by atoms with Crippen molar-refractivity contribution in [2.24, 2.45) is 0 Å². The minimum Gasteiger partial charge on any atom is -0.387 e. The quantitative estimate of drug-likeness (QED) is 0.809. The maximum absolute atomic E-state index is 13.3. The van der Waals surface area contributed by atoms with Crippen LogP contribution < -0.4 is 5.32 Å². The Morgan fingerprint density at radius 3 is 2.75 bits per heavy atom. The highest BCUT2D eigenvalue weighted by Crippen LogP contribution is 2.17. The second-order valence-electron chi connectivity index (χ2n) is 3.82. The van der Waals surface area contributed by atoms with Crippen LogP contribution in [0.5, 0.6) is 0 Å². The van der Waals surface area contributed by atoms with Gasteiger partial charge in [0.15, 0.2) is 0 Å². The molecule has 3 nitrogen and oxygen atoms in total. The zero-order valence-corrected chi connectivity index (χ0v) is 8.62. The van der Waals surface area contributed by atoms with Crippen LogP contribution in [0.3, 0.4) is 0 Å². The van der Waals surface area contributed by atoms with Crippen molar-refractivity contribution in [3.8, 4) is 0 Å². The monoisotopic (exact) mass is 229 g/mol. The molecule has 0 aliphatic carbocycles. The zero-order valence-electron chi connectivity index (χ0n) is 8.62. The first-order valence-electron chi connectivity index (χ1n) is 5.11. The fourth-order valence-corrected chi connectivity index (χ4v) is 1.51. The molecule has 5 heteroatoms. The van der Waals surface area contributed by atoms with E-state index in [1.165, 1.54) is 6.07 Å². The van der Waals surface area contributed by atoms with E-state index in [0.717, 1.165) is 12.1 Å². The van der Waals surface area contributed by atoms with Crippen LogP contribution in [0.1, 0.15) is 11.7 Å². The summed E-state index contributed by atoms with van der Waals surface area (Å²) in [6.45, 7) is 1.45. The van der Waals surface area contributed by atoms with Crippen molar-refractivity contribution in [3.05, 3.63) is 35.4 Å². The summed E-state index contributed by atoms with van der Waals surface area (Å²) >= 11 is 0. The number of hydrogen-bond donors (Lipinski definition) is 2. The normalized spacial score (nSPS) is 18.2. The Bertz CT molecular complexity index is 369. The standard InChI is InChI=1S/C11H13F2NO2/c12-7-1-2-9(10(13)3-7)11(15)4-14-8-5-16-6-8/h1-3,8,11,14-15H,4-6H2. The summed E-state index contributed by atoms with van der Waals surface area (Å²) in [6.07, 6.45) is -0.971. The molecule has 0 spiro atoms. The van der Waals surface area contributed by atoms with Crippen LogP contribution in [0.4, 0.5) is 8.78 Å². The van der Waals surface area contributed by atoms with E-state index in [-0.39, 0.29) is 18.2 Å². The molecular weight excluding hydrogens is 216 g/mol. The average Bonchev–Trinajstić information content (AvgIpc) is 2.14. The van der Waals surface area contributed by atoms with Crippen LogP contribution in [0.15, 0.2) is 18.2 Å². The summed E-state index contributed by atoms with van der Waals surface area (Å²) in [5.74, 6) is -1.37. The van der Waals surface area contributed by atoms with E-state index in [1.54, 1.807) is 0 Å². The van der Waals surface area contributed by atoms with Gasteiger partial charge < -0.3 is 15.2 Å². The van der Waals surface area contributed by atoms with Gasteiger partial charge in [0.05, 0.1) is 25.4 Å². The molecule has 1 aromatic rings. The molecule has 2 rings (SSSR count). The summed E-state index contributed by atoms with van der Waals surface area (Å²) in [6, 6.07) is 3.38. The van der Waals surface area contributed by atoms with E-state index in [2.05, 4.69) is 5.32 Å². The minimum absolute atomic E-state index is 0.106. The number of hydrogen-bond acceptors (Lipinski definition) is 3. The van der Waals surface area contributed by atoms with E-state index in [0.29, 0.717) is 13.2 Å². The third-order valence-corrected chi connectivity index (χ3v) is 2.56. The summed E-state index contributed by atoms with van der Waals surface area (Å²) in [5.41, 5.74) is 0.106. The molecule has 1 fully saturated rings. The predicted octanol–water partition coefficient (Wildman–Crippen LogP) is 0.987. The zero-order chi connectivity index (χ0) is 11.5. The van der Waals surface area contributed by atoms with Gasteiger partial charge in [-0.3, -0.25) is 0 Å². The number of halogens is 2. The lowest BCUT2D eigenvalue weighted by Gasteiger charge is -2.28. The molecule has 0 saturated carbocycles. The van der Waals surface area contributed by atoms with Gasteiger partial charge >= 0.3 is 0 Å². The molecule has 1 atom stereocenters. The predicted molar refractivity (Wildman–Crippen MR) is 53.9 cm³/mol. The third kappa shape index (κ3) is 2.55. The van der Waals surface area contributed by atoms with E-state index in [9.17, 15) is 13.9 Å². The SMILES string of the molecule is OC(CNC1COC1)c1ccc(F)cc1F. The number of aliphatic hydroxyl groups excluding tert-OH is 1. The van der Waals surface area contributed by atoms with E-state index < -0.39 is 17.7 Å². The summed E-state index contributed by atoms with van der Waals surface area (Å²) in [7, 11) is 0. The fourth-order valence-electron chi connectivity index (χ4n) is 1.51. The van der Waals surface area contributed by atoms with Gasteiger partial charge in [-0.15, -0.1) is 0 Å². The summed E-state index contributed by atoms with van der Waals surface area (Å²) < 4.78 is 30.8. The van der Waals surface area contributed by atoms with Crippen LogP contribution in [0.25, 0.3) is 0 Å². The lowest BCUT2D eigenvalue weighted by atomic mass is 10.1. The molecule has 1 aromatic carbocycles. The van der Waals surface area contributed by atoms with E-state index in [4.69, 9.17) is 4.74 Å². The highest BCUT2D eigenvalue weighted by atomic mass is 19.1. The molecule has 1 aliphatic rings. The second-order valence-corrected chi connectivity index (χ2v) is 3.82. The van der Waals surface area contributed by atoms with Crippen LogP contribution in [-0.4, -0.2) is 30.9 Å². The first kappa shape index (κ1) is 11.4. The molecule has 16 heavy (non-hydrogen) atoms. The van der Waals surface area contributed by atoms with Gasteiger partial charge in [-0.2, -0.15) is 0 Å². The molecular formula is C11H13F2NO2. The van der Waals surface area contributed by atoms with Crippen molar-refractivity contribution in [3.63, 3.8) is 0 Å². The van der Waals surface area contributed by atoms with Crippen LogP contribution in [0, 0.1) is 11.6 Å². The van der Waals surface area contributed by atoms with Gasteiger partial charge in [-0.05, 0) is 6.07 Å². The van der Waals surface area contributed by atoms with Gasteiger partial charge in [0, 0.05) is 18.2 Å². The lowest BCUT2D eigenvalue weighted by Crippen LogP contribution is -2.47. The van der Waals surface area contributed by atoms with Gasteiger partial charge in [-0.25, -0.2) is 8.78 Å². The van der Waals surface area contributed by atoms with Crippen LogP contribution >= 0.6 is 0 Å².